The molecule has 1 N–H and O–H groups in total. The summed E-state index contributed by atoms with van der Waals surface area (Å²) >= 11 is 0. The molecule has 0 aromatic carbocycles. The first-order valence-corrected chi connectivity index (χ1v) is 14.5. The predicted molar refractivity (Wildman–Crippen MR) is 122 cm³/mol. The highest BCUT2D eigenvalue weighted by atomic mass is 32.2. The monoisotopic (exact) mass is 602 g/mol. The minimum Gasteiger partial charge on any atom is -0.465 e. The lowest BCUT2D eigenvalue weighted by Gasteiger charge is -2.34. The highest BCUT2D eigenvalue weighted by molar-refractivity contribution is 7.87. The third kappa shape index (κ3) is 5.28. The minimum atomic E-state index is -6.42. The van der Waals surface area contributed by atoms with Crippen LogP contribution in [0.25, 0.3) is 0 Å². The molecule has 0 spiro atoms. The van der Waals surface area contributed by atoms with E-state index in [-0.39, 0.29) is 11.9 Å². The topological polar surface area (TPSA) is 160 Å². The van der Waals surface area contributed by atoms with Crippen molar-refractivity contribution in [2.75, 3.05) is 6.61 Å². The van der Waals surface area contributed by atoms with Gasteiger partial charge < -0.3 is 18.9 Å². The van der Waals surface area contributed by atoms with Gasteiger partial charge >= 0.3 is 45.2 Å². The van der Waals surface area contributed by atoms with Gasteiger partial charge in [-0.15, -0.1) is 0 Å². The van der Waals surface area contributed by atoms with Crippen LogP contribution in [-0.4, -0.2) is 72.9 Å². The van der Waals surface area contributed by atoms with E-state index >= 15 is 0 Å². The maximum absolute atomic E-state index is 13.5. The highest BCUT2D eigenvalue weighted by Crippen LogP contribution is 2.57. The van der Waals surface area contributed by atoms with E-state index in [0.717, 1.165) is 12.8 Å². The molecule has 1 aliphatic heterocycles. The molecule has 2 bridgehead atoms. The molecule has 226 valence electrons. The number of esters is 4. The van der Waals surface area contributed by atoms with Crippen molar-refractivity contribution < 1.29 is 68.7 Å². The molecule has 6 unspecified atom stereocenters. The Bertz CT molecular complexity index is 1150. The van der Waals surface area contributed by atoms with Crippen molar-refractivity contribution in [1.82, 2.24) is 0 Å². The number of alkyl halides is 4. The normalized spacial score (nSPS) is 30.7. The van der Waals surface area contributed by atoms with Gasteiger partial charge in [0, 0.05) is 11.8 Å². The van der Waals surface area contributed by atoms with Crippen LogP contribution in [0.5, 0.6) is 0 Å². The summed E-state index contributed by atoms with van der Waals surface area (Å²) in [7, 11) is -6.42. The van der Waals surface area contributed by atoms with Gasteiger partial charge in [-0.1, -0.05) is 19.8 Å². The predicted octanol–water partition coefficient (Wildman–Crippen LogP) is 2.80. The molecule has 40 heavy (non-hydrogen) atoms. The zero-order chi connectivity index (χ0) is 29.7. The van der Waals surface area contributed by atoms with Gasteiger partial charge in [0.15, 0.2) is 0 Å². The van der Waals surface area contributed by atoms with E-state index in [2.05, 4.69) is 4.74 Å². The molecule has 4 rings (SSSR count). The zero-order valence-corrected chi connectivity index (χ0v) is 22.3. The summed E-state index contributed by atoms with van der Waals surface area (Å²) in [6.07, 6.45) is -1.32. The van der Waals surface area contributed by atoms with Crippen molar-refractivity contribution in [3.63, 3.8) is 0 Å². The molecular formula is C24H30F4O11S. The zero-order valence-electron chi connectivity index (χ0n) is 21.5. The highest BCUT2D eigenvalue weighted by Gasteiger charge is 2.70. The fraction of sp³-hybridized carbons (Fsp3) is 0.833. The van der Waals surface area contributed by atoms with Gasteiger partial charge in [0.2, 0.25) is 0 Å². The van der Waals surface area contributed by atoms with E-state index in [9.17, 15) is 45.2 Å². The van der Waals surface area contributed by atoms with Crippen LogP contribution in [-0.2, 0) is 48.2 Å². The smallest absolute Gasteiger partial charge is 0.431 e. The Morgan fingerprint density at radius 3 is 2.25 bits per heavy atom. The summed E-state index contributed by atoms with van der Waals surface area (Å²) in [6, 6.07) is 0. The van der Waals surface area contributed by atoms with Crippen molar-refractivity contribution in [3.05, 3.63) is 0 Å². The molecule has 0 radical (unpaired) electrons. The van der Waals surface area contributed by atoms with Crippen LogP contribution >= 0.6 is 0 Å². The third-order valence-electron chi connectivity index (χ3n) is 8.62. The fourth-order valence-corrected chi connectivity index (χ4v) is 6.84. The van der Waals surface area contributed by atoms with E-state index in [4.69, 9.17) is 18.8 Å². The van der Waals surface area contributed by atoms with E-state index in [1.54, 1.807) is 0 Å². The van der Waals surface area contributed by atoms with Crippen LogP contribution in [0.15, 0.2) is 0 Å². The van der Waals surface area contributed by atoms with Crippen molar-refractivity contribution in [3.8, 4) is 0 Å². The Balaban J connectivity index is 1.28. The molecule has 4 fully saturated rings. The van der Waals surface area contributed by atoms with Crippen molar-refractivity contribution >= 4 is 34.0 Å². The lowest BCUT2D eigenvalue weighted by molar-refractivity contribution is -0.178. The molecule has 16 heteroatoms. The number of hydrogen-bond donors (Lipinski definition) is 1. The van der Waals surface area contributed by atoms with Crippen molar-refractivity contribution in [2.24, 2.45) is 23.2 Å². The Labute approximate surface area is 227 Å². The Kier molecular flexibility index (Phi) is 8.17. The number of ether oxygens (including phenoxy) is 4. The number of hydrogen-bond acceptors (Lipinski definition) is 10. The van der Waals surface area contributed by atoms with Gasteiger partial charge in [-0.05, 0) is 25.7 Å². The standard InChI is InChI=1S/C24H30F4O11S/c1-2-22(7-3-4-8-22)21(32)39-19-13-11-12-16(20(31)38-18(12)19)17(13)37-15(30)6-5-14(29)36-10-9-23(25,26)24(27,28)40(33,34)35/h12-13,16-19H,2-11H2,1H3,(H,33,34,35). The van der Waals surface area contributed by atoms with E-state index < -0.39 is 101 Å². The number of carbonyl (C=O) groups excluding carboxylic acids is 4. The first-order valence-electron chi connectivity index (χ1n) is 13.0. The Morgan fingerprint density at radius 1 is 1.02 bits per heavy atom. The number of fused-ring (bicyclic) bond motifs is 1. The first-order chi connectivity index (χ1) is 18.5. The molecule has 4 aliphatic rings. The Hall–Kier alpha value is -2.49. The largest absolute Gasteiger partial charge is 0.465 e. The second-order valence-electron chi connectivity index (χ2n) is 10.8. The maximum Gasteiger partial charge on any atom is 0.431 e. The Morgan fingerprint density at radius 2 is 1.65 bits per heavy atom. The number of halogens is 4. The summed E-state index contributed by atoms with van der Waals surface area (Å²) < 4.78 is 104. The first kappa shape index (κ1) is 30.5. The van der Waals surface area contributed by atoms with Gasteiger partial charge in [-0.25, -0.2) is 0 Å². The average Bonchev–Trinajstić information content (AvgIpc) is 3.61. The molecule has 3 aliphatic carbocycles. The van der Waals surface area contributed by atoms with Crippen LogP contribution in [0.3, 0.4) is 0 Å². The molecule has 0 amide bonds. The molecule has 1 saturated heterocycles. The van der Waals surface area contributed by atoms with Gasteiger partial charge in [0.1, 0.15) is 24.2 Å². The van der Waals surface area contributed by atoms with Gasteiger partial charge in [0.05, 0.1) is 31.3 Å². The summed E-state index contributed by atoms with van der Waals surface area (Å²) in [4.78, 5) is 49.9. The van der Waals surface area contributed by atoms with Crippen LogP contribution < -0.4 is 0 Å². The molecule has 0 aromatic heterocycles. The van der Waals surface area contributed by atoms with E-state index in [1.807, 2.05) is 6.92 Å². The lowest BCUT2D eigenvalue weighted by Crippen LogP contribution is -2.47. The summed E-state index contributed by atoms with van der Waals surface area (Å²) in [6.45, 7) is 0.592. The summed E-state index contributed by atoms with van der Waals surface area (Å²) in [5.74, 6) is -9.89. The van der Waals surface area contributed by atoms with Gasteiger partial charge in [0.25, 0.3) is 0 Å². The van der Waals surface area contributed by atoms with Gasteiger partial charge in [-0.2, -0.15) is 26.0 Å². The SMILES string of the molecule is CCC1(C(=O)OC2C3CC4C2OC(=O)C4C3OC(=O)CCC(=O)OCCC(F)(F)C(F)(F)S(=O)(=O)O)CCCC1. The molecule has 0 aromatic rings. The summed E-state index contributed by atoms with van der Waals surface area (Å²) in [5, 5.41) is -5.79. The lowest BCUT2D eigenvalue weighted by atomic mass is 9.82. The maximum atomic E-state index is 13.5. The van der Waals surface area contributed by atoms with Crippen LogP contribution in [0.4, 0.5) is 17.6 Å². The molecule has 6 atom stereocenters. The second kappa shape index (κ2) is 10.7. The average molecular weight is 603 g/mol. The van der Waals surface area contributed by atoms with Crippen LogP contribution in [0, 0.1) is 23.2 Å². The quantitative estimate of drug-likeness (QED) is 0.151. The van der Waals surface area contributed by atoms with E-state index in [1.165, 1.54) is 0 Å². The fourth-order valence-electron chi connectivity index (χ4n) is 6.36. The summed E-state index contributed by atoms with van der Waals surface area (Å²) in [5.41, 5.74) is -0.595. The molecule has 1 heterocycles. The number of rotatable bonds is 12. The molecular weight excluding hydrogens is 572 g/mol. The van der Waals surface area contributed by atoms with Crippen molar-refractivity contribution in [1.29, 1.82) is 0 Å². The third-order valence-corrected chi connectivity index (χ3v) is 9.56. The van der Waals surface area contributed by atoms with Crippen molar-refractivity contribution in [2.45, 2.75) is 94.2 Å². The van der Waals surface area contributed by atoms with E-state index in [0.29, 0.717) is 25.7 Å². The molecule has 11 nitrogen and oxygen atoms in total. The van der Waals surface area contributed by atoms with Crippen LogP contribution in [0.2, 0.25) is 0 Å². The minimum absolute atomic E-state index is 0.304. The molecule has 3 saturated carbocycles. The second-order valence-corrected chi connectivity index (χ2v) is 12.3. The van der Waals surface area contributed by atoms with Gasteiger partial charge in [-0.3, -0.25) is 23.7 Å². The number of carbonyl (C=O) groups is 4. The van der Waals surface area contributed by atoms with Crippen LogP contribution in [0.1, 0.15) is 64.7 Å².